The van der Waals surface area contributed by atoms with Crippen molar-refractivity contribution in [3.8, 4) is 5.75 Å². The number of benzene rings is 2. The van der Waals surface area contributed by atoms with Crippen LogP contribution in [0.25, 0.3) is 0 Å². The van der Waals surface area contributed by atoms with Crippen molar-refractivity contribution in [2.24, 2.45) is 0 Å². The van der Waals surface area contributed by atoms with Crippen LogP contribution in [0.4, 0.5) is 22.4 Å². The third-order valence-corrected chi connectivity index (χ3v) is 8.18. The van der Waals surface area contributed by atoms with Gasteiger partial charge in [0, 0.05) is 37.8 Å². The summed E-state index contributed by atoms with van der Waals surface area (Å²) in [6.45, 7) is 11.2. The highest BCUT2D eigenvalue weighted by Crippen LogP contribution is 2.47. The molecule has 1 spiro atoms. The molecular weight excluding hydrogens is 498 g/mol. The molecule has 3 aliphatic heterocycles. The van der Waals surface area contributed by atoms with Crippen LogP contribution in [0.15, 0.2) is 42.1 Å². The maximum Gasteiger partial charge on any atom is 0.573 e. The molecule has 2 fully saturated rings. The number of fused-ring (bicyclic) bond motifs is 3. The number of ether oxygens (including phenoxy) is 1. The van der Waals surface area contributed by atoms with Gasteiger partial charge in [-0.3, -0.25) is 9.80 Å². The number of allylic oxidation sites excluding steroid dienone is 1. The van der Waals surface area contributed by atoms with Crippen molar-refractivity contribution in [1.29, 1.82) is 0 Å². The van der Waals surface area contributed by atoms with Crippen LogP contribution in [-0.4, -0.2) is 52.3 Å². The van der Waals surface area contributed by atoms with E-state index in [2.05, 4.69) is 48.6 Å². The van der Waals surface area contributed by atoms with Crippen LogP contribution in [0.3, 0.4) is 0 Å². The van der Waals surface area contributed by atoms with Gasteiger partial charge in [0.05, 0.1) is 12.1 Å². The Morgan fingerprint density at radius 3 is 2.47 bits per heavy atom. The summed E-state index contributed by atoms with van der Waals surface area (Å²) in [5.41, 5.74) is 6.08. The number of halogens is 4. The fraction of sp³-hybridized carbons (Fsp3) is 0.483. The molecule has 5 nitrogen and oxygen atoms in total. The van der Waals surface area contributed by atoms with E-state index in [0.717, 1.165) is 17.8 Å². The molecule has 2 aromatic carbocycles. The van der Waals surface area contributed by atoms with E-state index in [0.29, 0.717) is 51.1 Å². The Kier molecular flexibility index (Phi) is 6.70. The van der Waals surface area contributed by atoms with Crippen molar-refractivity contribution in [1.82, 2.24) is 14.7 Å². The number of urea groups is 1. The molecule has 0 unspecified atom stereocenters. The van der Waals surface area contributed by atoms with Gasteiger partial charge in [-0.25, -0.2) is 9.18 Å². The minimum Gasteiger partial charge on any atom is -0.403 e. The lowest BCUT2D eigenvalue weighted by atomic mass is 9.81. The van der Waals surface area contributed by atoms with Crippen LogP contribution >= 0.6 is 0 Å². The van der Waals surface area contributed by atoms with Gasteiger partial charge in [-0.05, 0) is 68.0 Å². The number of hydrogen-bond donors (Lipinski definition) is 0. The molecule has 0 bridgehead atoms. The first-order valence-electron chi connectivity index (χ1n) is 13.1. The molecule has 2 saturated heterocycles. The molecule has 0 aromatic heterocycles. The van der Waals surface area contributed by atoms with Crippen LogP contribution in [0.1, 0.15) is 60.4 Å². The van der Waals surface area contributed by atoms with Crippen LogP contribution in [0.5, 0.6) is 5.75 Å². The highest BCUT2D eigenvalue weighted by atomic mass is 19.4. The van der Waals surface area contributed by atoms with Gasteiger partial charge in [-0.1, -0.05) is 36.8 Å². The zero-order valence-electron chi connectivity index (χ0n) is 22.2. The Morgan fingerprint density at radius 1 is 1.11 bits per heavy atom. The Balaban J connectivity index is 1.39. The maximum atomic E-state index is 13.9. The Hall–Kier alpha value is -3.07. The number of piperidine rings is 1. The van der Waals surface area contributed by atoms with Gasteiger partial charge in [-0.15, -0.1) is 13.2 Å². The lowest BCUT2D eigenvalue weighted by Gasteiger charge is -2.44. The first kappa shape index (κ1) is 26.5. The molecule has 1 atom stereocenters. The molecule has 3 aliphatic rings. The van der Waals surface area contributed by atoms with Crippen LogP contribution in [-0.2, 0) is 13.1 Å². The van der Waals surface area contributed by atoms with Crippen molar-refractivity contribution in [2.45, 2.75) is 71.4 Å². The van der Waals surface area contributed by atoms with E-state index in [1.165, 1.54) is 28.3 Å². The predicted octanol–water partition coefficient (Wildman–Crippen LogP) is 6.63. The monoisotopic (exact) mass is 531 g/mol. The van der Waals surface area contributed by atoms with E-state index in [9.17, 15) is 22.4 Å². The fourth-order valence-corrected chi connectivity index (χ4v) is 6.71. The first-order chi connectivity index (χ1) is 17.9. The van der Waals surface area contributed by atoms with Gasteiger partial charge in [0.1, 0.15) is 0 Å². The second kappa shape index (κ2) is 9.59. The number of nitrogens with zero attached hydrogens (tertiary/aromatic N) is 3. The largest absolute Gasteiger partial charge is 0.573 e. The third-order valence-electron chi connectivity index (χ3n) is 8.18. The number of likely N-dealkylation sites (tertiary alicyclic amines) is 1. The molecule has 204 valence electrons. The van der Waals surface area contributed by atoms with Crippen molar-refractivity contribution in [3.05, 3.63) is 75.7 Å². The Bertz CT molecular complexity index is 1280. The molecule has 0 saturated carbocycles. The number of carbonyl (C=O) groups is 1. The number of hydrogen-bond acceptors (Lipinski definition) is 3. The van der Waals surface area contributed by atoms with E-state index < -0.39 is 23.5 Å². The number of aryl methyl sites for hydroxylation is 2. The number of alkyl halides is 3. The molecule has 0 aliphatic carbocycles. The lowest BCUT2D eigenvalue weighted by molar-refractivity contribution is -0.275. The Morgan fingerprint density at radius 2 is 1.82 bits per heavy atom. The minimum absolute atomic E-state index is 0.0267. The molecule has 5 rings (SSSR count). The van der Waals surface area contributed by atoms with E-state index in [1.807, 2.05) is 16.7 Å². The van der Waals surface area contributed by atoms with Crippen LogP contribution in [0.2, 0.25) is 0 Å². The number of rotatable bonds is 4. The molecule has 2 aromatic rings. The number of carbonyl (C=O) groups excluding carboxylic acids is 1. The summed E-state index contributed by atoms with van der Waals surface area (Å²) in [6.07, 6.45) is -1.27. The predicted molar refractivity (Wildman–Crippen MR) is 136 cm³/mol. The number of likely N-dealkylation sites (N-methyl/N-ethyl adjacent to an activating group) is 1. The van der Waals surface area contributed by atoms with Crippen molar-refractivity contribution < 1.29 is 27.1 Å². The molecule has 9 heteroatoms. The number of amides is 2. The van der Waals surface area contributed by atoms with Gasteiger partial charge in [0.15, 0.2) is 11.6 Å². The second-order valence-corrected chi connectivity index (χ2v) is 10.7. The lowest BCUT2D eigenvalue weighted by Crippen LogP contribution is -2.53. The second-order valence-electron chi connectivity index (χ2n) is 10.7. The highest BCUT2D eigenvalue weighted by Gasteiger charge is 2.54. The van der Waals surface area contributed by atoms with Crippen LogP contribution < -0.4 is 4.74 Å². The summed E-state index contributed by atoms with van der Waals surface area (Å²) in [4.78, 5) is 19.8. The smallest absolute Gasteiger partial charge is 0.403 e. The zero-order valence-corrected chi connectivity index (χ0v) is 22.2. The summed E-state index contributed by atoms with van der Waals surface area (Å²) in [6, 6.07) is 8.01. The van der Waals surface area contributed by atoms with Gasteiger partial charge >= 0.3 is 12.4 Å². The van der Waals surface area contributed by atoms with Crippen LogP contribution in [0, 0.1) is 19.7 Å². The van der Waals surface area contributed by atoms with Crippen molar-refractivity contribution in [2.75, 3.05) is 19.6 Å². The molecule has 3 heterocycles. The molecule has 0 radical (unpaired) electrons. The van der Waals surface area contributed by atoms with E-state index >= 15 is 0 Å². The quantitative estimate of drug-likeness (QED) is 0.416. The van der Waals surface area contributed by atoms with E-state index in [4.69, 9.17) is 0 Å². The maximum absolute atomic E-state index is 13.9. The molecular formula is C29H33F4N3O2. The van der Waals surface area contributed by atoms with Gasteiger partial charge in [0.2, 0.25) is 0 Å². The minimum atomic E-state index is -4.96. The van der Waals surface area contributed by atoms with Crippen molar-refractivity contribution >= 4 is 6.03 Å². The fourth-order valence-electron chi connectivity index (χ4n) is 6.71. The topological polar surface area (TPSA) is 36.0 Å². The zero-order chi connectivity index (χ0) is 27.4. The summed E-state index contributed by atoms with van der Waals surface area (Å²) < 4.78 is 55.7. The summed E-state index contributed by atoms with van der Waals surface area (Å²) in [5.74, 6) is -1.70. The standard InChI is InChI=1S/C29H33F4N3O2/c1-5-36-27(37)35-17-22-13-18(2)12-19(3)26(22)20(4)14-25(35)28(36)8-10-34(11-9-28)16-21-6-7-23(30)24(15-21)38-29(31,32)33/h6-7,12-15,20H,5,8-11,16-17H2,1-4H3/t20-/m1/s1. The average Bonchev–Trinajstić information content (AvgIpc) is 2.93. The van der Waals surface area contributed by atoms with E-state index in [-0.39, 0.29) is 11.9 Å². The summed E-state index contributed by atoms with van der Waals surface area (Å²) >= 11 is 0. The SMILES string of the molecule is CCN1C(=O)N2Cc3cc(C)cc(C)c3[C@H](C)C=C2C12CCN(Cc1ccc(F)c(OC(F)(F)F)c1)CC2. The summed E-state index contributed by atoms with van der Waals surface area (Å²) in [7, 11) is 0. The van der Waals surface area contributed by atoms with Gasteiger partial charge in [-0.2, -0.15) is 0 Å². The highest BCUT2D eigenvalue weighted by molar-refractivity contribution is 5.83. The molecule has 0 N–H and O–H groups in total. The van der Waals surface area contributed by atoms with E-state index in [1.54, 1.807) is 0 Å². The van der Waals surface area contributed by atoms with Crippen molar-refractivity contribution in [3.63, 3.8) is 0 Å². The van der Waals surface area contributed by atoms with Gasteiger partial charge < -0.3 is 9.64 Å². The third kappa shape index (κ3) is 4.65. The molecule has 2 amide bonds. The van der Waals surface area contributed by atoms with Gasteiger partial charge in [0.25, 0.3) is 0 Å². The Labute approximate surface area is 220 Å². The summed E-state index contributed by atoms with van der Waals surface area (Å²) in [5, 5.41) is 0. The first-order valence-corrected chi connectivity index (χ1v) is 13.1. The average molecular weight is 532 g/mol. The molecule has 38 heavy (non-hydrogen) atoms. The normalized spacial score (nSPS) is 21.3.